The van der Waals surface area contributed by atoms with Crippen molar-refractivity contribution in [1.82, 2.24) is 8.61 Å². The van der Waals surface area contributed by atoms with Crippen molar-refractivity contribution in [2.75, 3.05) is 33.4 Å². The maximum atomic E-state index is 13.6. The highest BCUT2D eigenvalue weighted by molar-refractivity contribution is 7.89. The lowest BCUT2D eigenvalue weighted by atomic mass is 10.2. The van der Waals surface area contributed by atoms with E-state index in [-0.39, 0.29) is 29.0 Å². The molecule has 2 fully saturated rings. The number of benzene rings is 2. The maximum absolute atomic E-state index is 13.6. The highest BCUT2D eigenvalue weighted by atomic mass is 32.2. The molecular weight excluding hydrogens is 464 g/mol. The normalized spacial score (nSPS) is 19.9. The minimum Gasteiger partial charge on any atom is -0.497 e. The Kier molecular flexibility index (Phi) is 7.40. The summed E-state index contributed by atoms with van der Waals surface area (Å²) >= 11 is 0. The summed E-state index contributed by atoms with van der Waals surface area (Å²) in [5, 5.41) is 0. The van der Waals surface area contributed by atoms with Crippen LogP contribution in [0.1, 0.15) is 31.2 Å². The zero-order chi connectivity index (χ0) is 23.5. The fourth-order valence-electron chi connectivity index (χ4n) is 4.25. The number of ether oxygens (including phenoxy) is 2. The van der Waals surface area contributed by atoms with Crippen LogP contribution in [0, 0.1) is 0 Å². The van der Waals surface area contributed by atoms with E-state index in [2.05, 4.69) is 0 Å². The van der Waals surface area contributed by atoms with Gasteiger partial charge in [-0.2, -0.15) is 8.61 Å². The summed E-state index contributed by atoms with van der Waals surface area (Å²) in [6.07, 6.45) is 3.22. The number of hydrogen-bond donors (Lipinski definition) is 0. The molecule has 0 unspecified atom stereocenters. The minimum atomic E-state index is -3.88. The number of rotatable bonds is 9. The third-order valence-electron chi connectivity index (χ3n) is 6.09. The third kappa shape index (κ3) is 5.41. The van der Waals surface area contributed by atoms with Crippen LogP contribution in [-0.4, -0.2) is 64.9 Å². The molecule has 2 heterocycles. The zero-order valence-corrected chi connectivity index (χ0v) is 20.4. The Balaban J connectivity index is 1.60. The molecular formula is C23H30N2O6S2. The molecule has 10 heteroatoms. The molecule has 2 aromatic carbocycles. The molecule has 0 amide bonds. The lowest BCUT2D eigenvalue weighted by molar-refractivity contribution is 0.0926. The maximum Gasteiger partial charge on any atom is 0.243 e. The van der Waals surface area contributed by atoms with Gasteiger partial charge in [0.1, 0.15) is 5.75 Å². The molecule has 180 valence electrons. The van der Waals surface area contributed by atoms with Gasteiger partial charge < -0.3 is 9.47 Å². The van der Waals surface area contributed by atoms with Crippen LogP contribution in [0.2, 0.25) is 0 Å². The van der Waals surface area contributed by atoms with E-state index in [1.165, 1.54) is 32.9 Å². The number of sulfonamides is 2. The second-order valence-electron chi connectivity index (χ2n) is 8.37. The van der Waals surface area contributed by atoms with Crippen molar-refractivity contribution in [2.45, 2.75) is 48.1 Å². The van der Waals surface area contributed by atoms with Crippen LogP contribution in [0.4, 0.5) is 0 Å². The van der Waals surface area contributed by atoms with E-state index < -0.39 is 20.0 Å². The van der Waals surface area contributed by atoms with E-state index in [4.69, 9.17) is 9.47 Å². The number of methoxy groups -OCH3 is 1. The lowest BCUT2D eigenvalue weighted by Crippen LogP contribution is -2.37. The van der Waals surface area contributed by atoms with Gasteiger partial charge in [0.25, 0.3) is 0 Å². The molecule has 8 nitrogen and oxygen atoms in total. The molecule has 0 radical (unpaired) electrons. The summed E-state index contributed by atoms with van der Waals surface area (Å²) in [7, 11) is -5.92. The molecule has 0 aliphatic carbocycles. The Morgan fingerprint density at radius 3 is 2.33 bits per heavy atom. The third-order valence-corrected chi connectivity index (χ3v) is 9.83. The first kappa shape index (κ1) is 24.2. The van der Waals surface area contributed by atoms with Crippen molar-refractivity contribution in [3.63, 3.8) is 0 Å². The molecule has 0 aromatic heterocycles. The van der Waals surface area contributed by atoms with Crippen molar-refractivity contribution < 1.29 is 26.3 Å². The molecule has 2 aliphatic rings. The quantitative estimate of drug-likeness (QED) is 0.532. The molecule has 0 spiro atoms. The number of nitrogens with zero attached hydrogens (tertiary/aromatic N) is 2. The van der Waals surface area contributed by atoms with E-state index >= 15 is 0 Å². The Labute approximate surface area is 196 Å². The highest BCUT2D eigenvalue weighted by Crippen LogP contribution is 2.26. The molecule has 0 N–H and O–H groups in total. The fourth-order valence-corrected chi connectivity index (χ4v) is 7.22. The Morgan fingerprint density at radius 1 is 1.00 bits per heavy atom. The fraction of sp³-hybridized carbons (Fsp3) is 0.478. The lowest BCUT2D eigenvalue weighted by Gasteiger charge is -2.25. The molecule has 4 rings (SSSR count). The largest absolute Gasteiger partial charge is 0.497 e. The Hall–Kier alpha value is -1.98. The van der Waals surface area contributed by atoms with E-state index in [0.29, 0.717) is 25.4 Å². The van der Waals surface area contributed by atoms with Crippen LogP contribution in [0.3, 0.4) is 0 Å². The molecule has 0 bridgehead atoms. The van der Waals surface area contributed by atoms with Crippen molar-refractivity contribution in [3.05, 3.63) is 54.1 Å². The average molecular weight is 495 g/mol. The average Bonchev–Trinajstić information content (AvgIpc) is 3.54. The summed E-state index contributed by atoms with van der Waals surface area (Å²) in [5.74, 6) is 0.651. The van der Waals surface area contributed by atoms with Gasteiger partial charge >= 0.3 is 0 Å². The van der Waals surface area contributed by atoms with Gasteiger partial charge in [-0.15, -0.1) is 0 Å². The van der Waals surface area contributed by atoms with Crippen LogP contribution in [-0.2, 0) is 31.3 Å². The first-order valence-electron chi connectivity index (χ1n) is 11.2. The second kappa shape index (κ2) is 10.1. The first-order valence-corrected chi connectivity index (χ1v) is 14.0. The predicted molar refractivity (Wildman–Crippen MR) is 124 cm³/mol. The van der Waals surface area contributed by atoms with Gasteiger partial charge in [0, 0.05) is 32.8 Å². The SMILES string of the molecule is COc1cccc(CN(C[C@H]2CCCO2)S(=O)(=O)c2ccc(S(=O)(=O)N3CCCC3)cc2)c1. The predicted octanol–water partition coefficient (Wildman–Crippen LogP) is 2.85. The van der Waals surface area contributed by atoms with E-state index in [1.807, 2.05) is 24.3 Å². The molecule has 2 saturated heterocycles. The van der Waals surface area contributed by atoms with Gasteiger partial charge in [-0.05, 0) is 67.6 Å². The summed E-state index contributed by atoms with van der Waals surface area (Å²) in [6.45, 7) is 2.01. The zero-order valence-electron chi connectivity index (χ0n) is 18.7. The van der Waals surface area contributed by atoms with Crippen LogP contribution >= 0.6 is 0 Å². The standard InChI is InChI=1S/C23H30N2O6S2/c1-30-20-7-4-6-19(16-20)17-25(18-21-8-5-15-31-21)33(28,29)23-11-9-22(10-12-23)32(26,27)24-13-2-3-14-24/h4,6-7,9-12,16,21H,2-3,5,8,13-15,17-18H2,1H3/t21-/m1/s1. The van der Waals surface area contributed by atoms with Crippen molar-refractivity contribution in [3.8, 4) is 5.75 Å². The smallest absolute Gasteiger partial charge is 0.243 e. The van der Waals surface area contributed by atoms with Crippen molar-refractivity contribution >= 4 is 20.0 Å². The van der Waals surface area contributed by atoms with E-state index in [0.717, 1.165) is 31.2 Å². The monoisotopic (exact) mass is 494 g/mol. The van der Waals surface area contributed by atoms with Crippen molar-refractivity contribution in [1.29, 1.82) is 0 Å². The summed E-state index contributed by atoms with van der Waals surface area (Å²) < 4.78 is 66.6. The van der Waals surface area contributed by atoms with Crippen molar-refractivity contribution in [2.24, 2.45) is 0 Å². The van der Waals surface area contributed by atoms with Gasteiger partial charge in [0.2, 0.25) is 20.0 Å². The Morgan fingerprint density at radius 2 is 1.70 bits per heavy atom. The van der Waals surface area contributed by atoms with E-state index in [1.54, 1.807) is 7.11 Å². The number of hydrogen-bond acceptors (Lipinski definition) is 6. The van der Waals surface area contributed by atoms with Crippen LogP contribution in [0.15, 0.2) is 58.3 Å². The van der Waals surface area contributed by atoms with E-state index in [9.17, 15) is 16.8 Å². The van der Waals surface area contributed by atoms with Gasteiger partial charge in [-0.3, -0.25) is 0 Å². The molecule has 2 aliphatic heterocycles. The molecule has 1 atom stereocenters. The molecule has 0 saturated carbocycles. The highest BCUT2D eigenvalue weighted by Gasteiger charge is 2.31. The van der Waals surface area contributed by atoms with Gasteiger partial charge in [0.15, 0.2) is 0 Å². The van der Waals surface area contributed by atoms with Gasteiger partial charge in [0.05, 0.1) is 23.0 Å². The van der Waals surface area contributed by atoms with Crippen LogP contribution in [0.25, 0.3) is 0 Å². The summed E-state index contributed by atoms with van der Waals surface area (Å²) in [4.78, 5) is 0.172. The topological polar surface area (TPSA) is 93.2 Å². The minimum absolute atomic E-state index is 0.0590. The molecule has 2 aromatic rings. The summed E-state index contributed by atoms with van der Waals surface area (Å²) in [5.41, 5.74) is 0.796. The second-order valence-corrected chi connectivity index (χ2v) is 12.2. The van der Waals surface area contributed by atoms with Gasteiger partial charge in [-0.25, -0.2) is 16.8 Å². The first-order chi connectivity index (χ1) is 15.8. The van der Waals surface area contributed by atoms with Crippen LogP contribution < -0.4 is 4.74 Å². The van der Waals surface area contributed by atoms with Gasteiger partial charge in [-0.1, -0.05) is 12.1 Å². The molecule has 33 heavy (non-hydrogen) atoms. The van der Waals surface area contributed by atoms with Crippen LogP contribution in [0.5, 0.6) is 5.75 Å². The Bertz CT molecular complexity index is 1150. The summed E-state index contributed by atoms with van der Waals surface area (Å²) in [6, 6.07) is 12.8.